The van der Waals surface area contributed by atoms with Crippen LogP contribution < -0.4 is 9.80 Å². The van der Waals surface area contributed by atoms with Gasteiger partial charge in [0.2, 0.25) is 5.91 Å². The summed E-state index contributed by atoms with van der Waals surface area (Å²) in [6, 6.07) is 2.03. The summed E-state index contributed by atoms with van der Waals surface area (Å²) in [5, 5.41) is 10.3. The van der Waals surface area contributed by atoms with Crippen molar-refractivity contribution in [3.63, 3.8) is 0 Å². The van der Waals surface area contributed by atoms with E-state index in [1.165, 1.54) is 0 Å². The number of anilines is 2. The van der Waals surface area contributed by atoms with Gasteiger partial charge in [0.25, 0.3) is 0 Å². The number of halogens is 1. The quantitative estimate of drug-likeness (QED) is 0.742. The van der Waals surface area contributed by atoms with Gasteiger partial charge in [0, 0.05) is 32.2 Å². The maximum absolute atomic E-state index is 13.5. The lowest BCUT2D eigenvalue weighted by Gasteiger charge is -2.41. The predicted octanol–water partition coefficient (Wildman–Crippen LogP) is 3.20. The number of carbonyl (C=O) groups excluding carboxylic acids is 2. The van der Waals surface area contributed by atoms with Crippen LogP contribution in [0, 0.1) is 5.41 Å². The number of pyridine rings is 1. The molecular formula is C23H31ClN4O4. The van der Waals surface area contributed by atoms with Crippen molar-refractivity contribution < 1.29 is 19.4 Å². The number of likely N-dealkylation sites (tertiary alicyclic amines) is 1. The van der Waals surface area contributed by atoms with Crippen LogP contribution in [0.1, 0.15) is 51.4 Å². The van der Waals surface area contributed by atoms with E-state index in [4.69, 9.17) is 16.3 Å². The number of nitrogens with zero attached hydrogens (tertiary/aromatic N) is 4. The molecule has 0 unspecified atom stereocenters. The average molecular weight is 463 g/mol. The lowest BCUT2D eigenvalue weighted by molar-refractivity contribution is -0.139. The van der Waals surface area contributed by atoms with Gasteiger partial charge in [-0.05, 0) is 57.4 Å². The molecule has 0 bridgehead atoms. The number of hydrogen-bond acceptors (Lipinski definition) is 6. The van der Waals surface area contributed by atoms with Crippen molar-refractivity contribution in [2.24, 2.45) is 5.41 Å². The van der Waals surface area contributed by atoms with Gasteiger partial charge in [-0.15, -0.1) is 0 Å². The summed E-state index contributed by atoms with van der Waals surface area (Å²) in [5.41, 5.74) is 0.257. The van der Waals surface area contributed by atoms with Gasteiger partial charge in [0.05, 0.1) is 35.0 Å². The van der Waals surface area contributed by atoms with Crippen LogP contribution in [0.5, 0.6) is 0 Å². The molecule has 0 radical (unpaired) electrons. The number of rotatable bonds is 3. The Labute approximate surface area is 193 Å². The second-order valence-electron chi connectivity index (χ2n) is 9.63. The van der Waals surface area contributed by atoms with Crippen LogP contribution in [0.4, 0.5) is 16.3 Å². The Morgan fingerprint density at radius 2 is 1.91 bits per heavy atom. The summed E-state index contributed by atoms with van der Waals surface area (Å²) in [6.07, 6.45) is 7.87. The molecule has 9 heteroatoms. The fourth-order valence-electron chi connectivity index (χ4n) is 5.84. The first-order valence-electron chi connectivity index (χ1n) is 11.8. The normalized spacial score (nSPS) is 31.4. The molecule has 1 aromatic heterocycles. The fourth-order valence-corrected chi connectivity index (χ4v) is 6.12. The van der Waals surface area contributed by atoms with Gasteiger partial charge in [-0.25, -0.2) is 9.78 Å². The first-order valence-corrected chi connectivity index (χ1v) is 12.2. The molecule has 4 aliphatic rings. The summed E-state index contributed by atoms with van der Waals surface area (Å²) in [4.78, 5) is 36.0. The van der Waals surface area contributed by atoms with E-state index < -0.39 is 0 Å². The van der Waals surface area contributed by atoms with Crippen molar-refractivity contribution in [3.8, 4) is 0 Å². The Balaban J connectivity index is 1.31. The van der Waals surface area contributed by atoms with Crippen molar-refractivity contribution in [2.75, 3.05) is 42.6 Å². The fraction of sp³-hybridized carbons (Fsp3) is 0.696. The Morgan fingerprint density at radius 3 is 2.66 bits per heavy atom. The van der Waals surface area contributed by atoms with Crippen molar-refractivity contribution in [1.82, 2.24) is 9.88 Å². The molecule has 3 aliphatic heterocycles. The Morgan fingerprint density at radius 1 is 1.09 bits per heavy atom. The molecule has 1 N–H and O–H groups in total. The molecule has 0 aromatic carbocycles. The molecule has 3 saturated heterocycles. The van der Waals surface area contributed by atoms with Crippen LogP contribution in [-0.4, -0.2) is 71.9 Å². The van der Waals surface area contributed by atoms with Crippen molar-refractivity contribution in [3.05, 3.63) is 17.3 Å². The number of aliphatic hydroxyl groups excluding tert-OH is 1. The van der Waals surface area contributed by atoms with Gasteiger partial charge in [-0.3, -0.25) is 9.69 Å². The van der Waals surface area contributed by atoms with Crippen molar-refractivity contribution in [1.29, 1.82) is 0 Å². The lowest BCUT2D eigenvalue weighted by Crippen LogP contribution is -2.50. The van der Waals surface area contributed by atoms with Gasteiger partial charge in [0.15, 0.2) is 0 Å². The van der Waals surface area contributed by atoms with Gasteiger partial charge in [-0.1, -0.05) is 11.6 Å². The molecule has 5 rings (SSSR count). The van der Waals surface area contributed by atoms with Crippen LogP contribution in [0.3, 0.4) is 0 Å². The van der Waals surface area contributed by atoms with E-state index in [0.29, 0.717) is 36.2 Å². The zero-order valence-electron chi connectivity index (χ0n) is 18.3. The third-order valence-corrected chi connectivity index (χ3v) is 7.90. The van der Waals surface area contributed by atoms with E-state index in [1.807, 2.05) is 0 Å². The second kappa shape index (κ2) is 8.71. The molecule has 1 spiro atoms. The number of piperidine rings is 1. The SMILES string of the molecule is O=C1OCCCN1c1cnc(N2CCC[C@]3(CCN([C@H]4CC[C@@H](O)CC4)C3=O)C2)c(Cl)c1. The maximum atomic E-state index is 13.5. The number of hydrogen-bond donors (Lipinski definition) is 1. The molecule has 174 valence electrons. The molecule has 1 aliphatic carbocycles. The monoisotopic (exact) mass is 462 g/mol. The molecule has 1 saturated carbocycles. The highest BCUT2D eigenvalue weighted by molar-refractivity contribution is 6.33. The van der Waals surface area contributed by atoms with Crippen LogP contribution >= 0.6 is 11.6 Å². The molecule has 8 nitrogen and oxygen atoms in total. The highest BCUT2D eigenvalue weighted by atomic mass is 35.5. The first-order chi connectivity index (χ1) is 15.5. The second-order valence-corrected chi connectivity index (χ2v) is 10.0. The van der Waals surface area contributed by atoms with Crippen LogP contribution in [-0.2, 0) is 9.53 Å². The standard InChI is InChI=1S/C23H31ClN4O4/c24-19-13-17(28-10-2-12-32-22(28)31)14-25-20(19)26-9-1-7-23(15-26)8-11-27(21(23)30)16-3-5-18(29)6-4-16/h13-14,16,18,29H,1-12,15H2/t16-,18+,23-/m0/s1. The highest BCUT2D eigenvalue weighted by Crippen LogP contribution is 2.44. The topological polar surface area (TPSA) is 86.2 Å². The third-order valence-electron chi connectivity index (χ3n) is 7.62. The number of cyclic esters (lactones) is 1. The Kier molecular flexibility index (Phi) is 5.92. The molecule has 1 atom stereocenters. The van der Waals surface area contributed by atoms with Crippen molar-refractivity contribution >= 4 is 35.1 Å². The number of aliphatic hydroxyl groups is 1. The van der Waals surface area contributed by atoms with E-state index in [-0.39, 0.29) is 29.6 Å². The summed E-state index contributed by atoms with van der Waals surface area (Å²) in [7, 11) is 0. The zero-order chi connectivity index (χ0) is 22.3. The summed E-state index contributed by atoms with van der Waals surface area (Å²) in [6.45, 7) is 3.26. The van der Waals surface area contributed by atoms with E-state index in [9.17, 15) is 14.7 Å². The van der Waals surface area contributed by atoms with Gasteiger partial charge in [-0.2, -0.15) is 0 Å². The minimum absolute atomic E-state index is 0.217. The van der Waals surface area contributed by atoms with E-state index in [2.05, 4.69) is 14.8 Å². The number of aromatic nitrogens is 1. The number of carbonyl (C=O) groups is 2. The number of ether oxygens (including phenoxy) is 1. The first kappa shape index (κ1) is 21.8. The number of amides is 2. The van der Waals surface area contributed by atoms with Gasteiger partial charge in [0.1, 0.15) is 5.82 Å². The van der Waals surface area contributed by atoms with Crippen LogP contribution in [0.2, 0.25) is 5.02 Å². The zero-order valence-corrected chi connectivity index (χ0v) is 19.1. The molecule has 32 heavy (non-hydrogen) atoms. The van der Waals surface area contributed by atoms with Crippen LogP contribution in [0.15, 0.2) is 12.3 Å². The van der Waals surface area contributed by atoms with E-state index in [1.54, 1.807) is 17.2 Å². The van der Waals surface area contributed by atoms with Gasteiger partial charge >= 0.3 is 6.09 Å². The summed E-state index contributed by atoms with van der Waals surface area (Å²) < 4.78 is 5.12. The predicted molar refractivity (Wildman–Crippen MR) is 121 cm³/mol. The third kappa shape index (κ3) is 3.92. The molecule has 1 aromatic rings. The minimum atomic E-state index is -0.380. The Hall–Kier alpha value is -2.06. The Bertz CT molecular complexity index is 891. The van der Waals surface area contributed by atoms with Crippen molar-refractivity contribution in [2.45, 2.75) is 63.5 Å². The molecule has 4 fully saturated rings. The van der Waals surface area contributed by atoms with E-state index in [0.717, 1.165) is 64.5 Å². The summed E-state index contributed by atoms with van der Waals surface area (Å²) >= 11 is 6.62. The molecule has 4 heterocycles. The van der Waals surface area contributed by atoms with Crippen LogP contribution in [0.25, 0.3) is 0 Å². The lowest BCUT2D eigenvalue weighted by atomic mass is 9.78. The average Bonchev–Trinajstić information content (AvgIpc) is 3.10. The smallest absolute Gasteiger partial charge is 0.414 e. The minimum Gasteiger partial charge on any atom is -0.449 e. The summed E-state index contributed by atoms with van der Waals surface area (Å²) in [5.74, 6) is 0.930. The maximum Gasteiger partial charge on any atom is 0.414 e. The van der Waals surface area contributed by atoms with E-state index >= 15 is 0 Å². The largest absolute Gasteiger partial charge is 0.449 e. The van der Waals surface area contributed by atoms with Gasteiger partial charge < -0.3 is 19.6 Å². The molecular weight excluding hydrogens is 432 g/mol. The highest BCUT2D eigenvalue weighted by Gasteiger charge is 2.51. The molecule has 2 amide bonds.